The quantitative estimate of drug-likeness (QED) is 0.742. The summed E-state index contributed by atoms with van der Waals surface area (Å²) >= 11 is 0. The van der Waals surface area contributed by atoms with E-state index in [9.17, 15) is 4.79 Å². The number of nitrogens with zero attached hydrogens (tertiary/aromatic N) is 3. The molecule has 0 saturated carbocycles. The molecule has 0 spiro atoms. The summed E-state index contributed by atoms with van der Waals surface area (Å²) < 4.78 is 6.86. The molecule has 1 aliphatic rings. The van der Waals surface area contributed by atoms with E-state index in [0.29, 0.717) is 5.65 Å². The van der Waals surface area contributed by atoms with Gasteiger partial charge in [0.1, 0.15) is 0 Å². The van der Waals surface area contributed by atoms with E-state index in [-0.39, 0.29) is 24.5 Å². The van der Waals surface area contributed by atoms with E-state index in [1.54, 1.807) is 6.20 Å². The molecule has 2 aromatic rings. The van der Waals surface area contributed by atoms with Crippen LogP contribution in [0.3, 0.4) is 0 Å². The number of ether oxygens (including phenoxy) is 1. The van der Waals surface area contributed by atoms with E-state index in [1.165, 1.54) is 10.8 Å². The topological polar surface area (TPSA) is 92.5 Å². The lowest BCUT2D eigenvalue weighted by molar-refractivity contribution is 0.0115. The average Bonchev–Trinajstić information content (AvgIpc) is 2.94. The lowest BCUT2D eigenvalue weighted by Gasteiger charge is -2.09. The fraction of sp³-hybridized carbons (Fsp3) is 0.500. The molecule has 0 aliphatic carbocycles. The standard InChI is InChI=1S/C10H12N4O3/c15-4-6-1-2-8(17-6)7-3-13-14-9(7)11-5-12-10(14)16/h3,5-6,8,15H,1-2,4H2,(H,11,12,16)/t6?,8-/m1/s1. The van der Waals surface area contributed by atoms with E-state index in [1.807, 2.05) is 0 Å². The maximum atomic E-state index is 11.5. The Hall–Kier alpha value is -1.73. The number of nitrogens with one attached hydrogen (secondary N) is 1. The minimum absolute atomic E-state index is 0.0176. The highest BCUT2D eigenvalue weighted by Crippen LogP contribution is 2.33. The van der Waals surface area contributed by atoms with Crippen molar-refractivity contribution < 1.29 is 9.84 Å². The molecule has 0 bridgehead atoms. The third-order valence-corrected chi connectivity index (χ3v) is 3.00. The van der Waals surface area contributed by atoms with Crippen molar-refractivity contribution in [3.63, 3.8) is 0 Å². The summed E-state index contributed by atoms with van der Waals surface area (Å²) in [5.74, 6) is 0. The van der Waals surface area contributed by atoms with Crippen LogP contribution in [0.15, 0.2) is 17.3 Å². The Balaban J connectivity index is 2.02. The molecule has 1 aliphatic heterocycles. The van der Waals surface area contributed by atoms with Crippen molar-refractivity contribution in [3.05, 3.63) is 28.6 Å². The molecule has 1 saturated heterocycles. The number of H-pyrrole nitrogens is 1. The molecule has 0 radical (unpaired) electrons. The summed E-state index contributed by atoms with van der Waals surface area (Å²) in [6.45, 7) is 0.0176. The van der Waals surface area contributed by atoms with Crippen molar-refractivity contribution in [2.24, 2.45) is 0 Å². The smallest absolute Gasteiger partial charge is 0.349 e. The summed E-state index contributed by atoms with van der Waals surface area (Å²) in [5, 5.41) is 13.0. The molecule has 3 rings (SSSR count). The van der Waals surface area contributed by atoms with Crippen LogP contribution in [0, 0.1) is 0 Å². The van der Waals surface area contributed by atoms with Gasteiger partial charge in [-0.3, -0.25) is 4.98 Å². The average molecular weight is 236 g/mol. The van der Waals surface area contributed by atoms with Gasteiger partial charge in [-0.05, 0) is 12.8 Å². The lowest BCUT2D eigenvalue weighted by atomic mass is 10.1. The molecule has 2 aromatic heterocycles. The highest BCUT2D eigenvalue weighted by molar-refractivity contribution is 5.46. The van der Waals surface area contributed by atoms with Gasteiger partial charge in [0.2, 0.25) is 0 Å². The molecule has 7 heteroatoms. The number of fused-ring (bicyclic) bond motifs is 1. The van der Waals surface area contributed by atoms with Crippen molar-refractivity contribution in [2.45, 2.75) is 25.0 Å². The third-order valence-electron chi connectivity index (χ3n) is 3.00. The van der Waals surface area contributed by atoms with E-state index >= 15 is 0 Å². The highest BCUT2D eigenvalue weighted by atomic mass is 16.5. The van der Waals surface area contributed by atoms with Gasteiger partial charge in [0.25, 0.3) is 0 Å². The van der Waals surface area contributed by atoms with Crippen molar-refractivity contribution >= 4 is 5.65 Å². The molecule has 1 fully saturated rings. The molecule has 7 nitrogen and oxygen atoms in total. The van der Waals surface area contributed by atoms with Gasteiger partial charge in [-0.2, -0.15) is 9.61 Å². The molecule has 90 valence electrons. The maximum Gasteiger partial charge on any atom is 0.349 e. The molecular formula is C10H12N4O3. The van der Waals surface area contributed by atoms with Crippen LogP contribution < -0.4 is 5.69 Å². The maximum absolute atomic E-state index is 11.5. The minimum Gasteiger partial charge on any atom is -0.394 e. The Morgan fingerprint density at radius 1 is 1.59 bits per heavy atom. The van der Waals surface area contributed by atoms with E-state index in [2.05, 4.69) is 15.1 Å². The summed E-state index contributed by atoms with van der Waals surface area (Å²) in [7, 11) is 0. The zero-order chi connectivity index (χ0) is 11.8. The van der Waals surface area contributed by atoms with Gasteiger partial charge in [0, 0.05) is 5.56 Å². The zero-order valence-corrected chi connectivity index (χ0v) is 9.04. The normalized spacial score (nSPS) is 24.5. The fourth-order valence-corrected chi connectivity index (χ4v) is 2.14. The van der Waals surface area contributed by atoms with E-state index in [4.69, 9.17) is 9.84 Å². The Kier molecular flexibility index (Phi) is 2.41. The van der Waals surface area contributed by atoms with Gasteiger partial charge in [-0.1, -0.05) is 0 Å². The SMILES string of the molecule is O=c1[nH]cnc2c([C@H]3CCC(CO)O3)cnn12. The number of rotatable bonds is 2. The molecule has 2 atom stereocenters. The summed E-state index contributed by atoms with van der Waals surface area (Å²) in [4.78, 5) is 18.0. The number of aromatic amines is 1. The molecule has 1 unspecified atom stereocenters. The Labute approximate surface area is 96.1 Å². The molecular weight excluding hydrogens is 224 g/mol. The third kappa shape index (κ3) is 1.63. The monoisotopic (exact) mass is 236 g/mol. The summed E-state index contributed by atoms with van der Waals surface area (Å²) in [6.07, 6.45) is 4.29. The van der Waals surface area contributed by atoms with Crippen LogP contribution in [-0.2, 0) is 4.74 Å². The minimum atomic E-state index is -0.321. The molecule has 0 aromatic carbocycles. The first-order valence-electron chi connectivity index (χ1n) is 5.47. The number of aliphatic hydroxyl groups is 1. The van der Waals surface area contributed by atoms with Crippen molar-refractivity contribution in [3.8, 4) is 0 Å². The number of hydrogen-bond donors (Lipinski definition) is 2. The molecule has 0 amide bonds. The van der Waals surface area contributed by atoms with Crippen LogP contribution in [0.5, 0.6) is 0 Å². The molecule has 17 heavy (non-hydrogen) atoms. The first-order chi connectivity index (χ1) is 8.29. The number of hydrogen-bond acceptors (Lipinski definition) is 5. The van der Waals surface area contributed by atoms with Crippen LogP contribution in [0.25, 0.3) is 5.65 Å². The Morgan fingerprint density at radius 2 is 2.47 bits per heavy atom. The number of aliphatic hydroxyl groups excluding tert-OH is 1. The Bertz CT molecular complexity index is 590. The fourth-order valence-electron chi connectivity index (χ4n) is 2.14. The molecule has 3 heterocycles. The predicted molar refractivity (Wildman–Crippen MR) is 57.5 cm³/mol. The van der Waals surface area contributed by atoms with Crippen LogP contribution in [-0.4, -0.2) is 37.4 Å². The highest BCUT2D eigenvalue weighted by Gasteiger charge is 2.28. The zero-order valence-electron chi connectivity index (χ0n) is 9.04. The van der Waals surface area contributed by atoms with Gasteiger partial charge in [0.05, 0.1) is 31.3 Å². The van der Waals surface area contributed by atoms with E-state index < -0.39 is 0 Å². The van der Waals surface area contributed by atoms with Crippen LogP contribution >= 0.6 is 0 Å². The van der Waals surface area contributed by atoms with Crippen molar-refractivity contribution in [1.82, 2.24) is 19.6 Å². The van der Waals surface area contributed by atoms with Gasteiger partial charge in [-0.25, -0.2) is 9.78 Å². The largest absolute Gasteiger partial charge is 0.394 e. The number of aromatic nitrogens is 4. The predicted octanol–water partition coefficient (Wildman–Crippen LogP) is -0.370. The van der Waals surface area contributed by atoms with Crippen LogP contribution in [0.2, 0.25) is 0 Å². The van der Waals surface area contributed by atoms with Gasteiger partial charge in [0.15, 0.2) is 5.65 Å². The second kappa shape index (κ2) is 3.94. The van der Waals surface area contributed by atoms with Crippen molar-refractivity contribution in [2.75, 3.05) is 6.61 Å². The van der Waals surface area contributed by atoms with Crippen LogP contribution in [0.1, 0.15) is 24.5 Å². The first-order valence-corrected chi connectivity index (χ1v) is 5.47. The molecule has 2 N–H and O–H groups in total. The summed E-state index contributed by atoms with van der Waals surface area (Å²) in [5.41, 5.74) is 0.988. The van der Waals surface area contributed by atoms with Gasteiger partial charge in [-0.15, -0.1) is 0 Å². The van der Waals surface area contributed by atoms with Crippen LogP contribution in [0.4, 0.5) is 0 Å². The summed E-state index contributed by atoms with van der Waals surface area (Å²) in [6, 6.07) is 0. The lowest BCUT2D eigenvalue weighted by Crippen LogP contribution is -2.17. The Morgan fingerprint density at radius 3 is 3.24 bits per heavy atom. The first kappa shape index (κ1) is 10.4. The van der Waals surface area contributed by atoms with E-state index in [0.717, 1.165) is 18.4 Å². The van der Waals surface area contributed by atoms with Crippen molar-refractivity contribution in [1.29, 1.82) is 0 Å². The second-order valence-electron chi connectivity index (χ2n) is 4.05. The second-order valence-corrected chi connectivity index (χ2v) is 4.05. The van der Waals surface area contributed by atoms with Gasteiger partial charge < -0.3 is 9.84 Å². The van der Waals surface area contributed by atoms with Gasteiger partial charge >= 0.3 is 5.69 Å².